The molecule has 1 fully saturated rings. The predicted octanol–water partition coefficient (Wildman–Crippen LogP) is 4.66. The summed E-state index contributed by atoms with van der Waals surface area (Å²) in [5.41, 5.74) is 1.09. The fourth-order valence-corrected chi connectivity index (χ4v) is 2.90. The lowest BCUT2D eigenvalue weighted by atomic mass is 10.1. The zero-order valence-electron chi connectivity index (χ0n) is 14.9. The molecule has 0 bridgehead atoms. The van der Waals surface area contributed by atoms with Gasteiger partial charge in [-0.25, -0.2) is 9.69 Å². The number of nitrogens with zero attached hydrogens (tertiary/aromatic N) is 1. The van der Waals surface area contributed by atoms with Gasteiger partial charge in [0, 0.05) is 0 Å². The standard InChI is InChI=1S/C21H27NO3/c1-2-3-4-5-6-7-8-12-15-20(23)22-19(17-25-21(22)24)16-18-13-10-9-11-14-18/h2-3,9-15,19H,4-8,16-17H2,1H3/b3-2+,15-12+/t19-/m0/s1. The third-order valence-electron chi connectivity index (χ3n) is 4.25. The third-order valence-corrected chi connectivity index (χ3v) is 4.25. The van der Waals surface area contributed by atoms with Gasteiger partial charge in [0.25, 0.3) is 5.91 Å². The van der Waals surface area contributed by atoms with Gasteiger partial charge >= 0.3 is 6.09 Å². The minimum atomic E-state index is -0.540. The molecule has 25 heavy (non-hydrogen) atoms. The van der Waals surface area contributed by atoms with E-state index in [4.69, 9.17) is 4.74 Å². The Morgan fingerprint density at radius 2 is 1.88 bits per heavy atom. The number of benzene rings is 1. The molecule has 2 rings (SSSR count). The van der Waals surface area contributed by atoms with Gasteiger partial charge in [0.05, 0.1) is 6.04 Å². The molecule has 2 amide bonds. The van der Waals surface area contributed by atoms with Crippen LogP contribution >= 0.6 is 0 Å². The number of hydrogen-bond donors (Lipinski definition) is 0. The molecule has 1 heterocycles. The number of ether oxygens (including phenoxy) is 1. The molecule has 0 unspecified atom stereocenters. The Labute approximate surface area is 150 Å². The second-order valence-corrected chi connectivity index (χ2v) is 6.24. The highest BCUT2D eigenvalue weighted by Gasteiger charge is 2.36. The molecule has 1 saturated heterocycles. The summed E-state index contributed by atoms with van der Waals surface area (Å²) >= 11 is 0. The van der Waals surface area contributed by atoms with E-state index in [9.17, 15) is 9.59 Å². The molecule has 0 radical (unpaired) electrons. The van der Waals surface area contributed by atoms with E-state index in [1.54, 1.807) is 0 Å². The molecule has 4 heteroatoms. The van der Waals surface area contributed by atoms with E-state index in [2.05, 4.69) is 12.2 Å². The third kappa shape index (κ3) is 6.22. The molecule has 0 aromatic heterocycles. The highest BCUT2D eigenvalue weighted by molar-refractivity contribution is 5.99. The minimum absolute atomic E-state index is 0.229. The molecular weight excluding hydrogens is 314 g/mol. The van der Waals surface area contributed by atoms with E-state index < -0.39 is 6.09 Å². The Hall–Kier alpha value is -2.36. The first-order valence-corrected chi connectivity index (χ1v) is 9.04. The quantitative estimate of drug-likeness (QED) is 0.373. The van der Waals surface area contributed by atoms with E-state index in [1.807, 2.05) is 43.3 Å². The van der Waals surface area contributed by atoms with Crippen molar-refractivity contribution in [3.63, 3.8) is 0 Å². The van der Waals surface area contributed by atoms with E-state index in [0.29, 0.717) is 6.42 Å². The lowest BCUT2D eigenvalue weighted by molar-refractivity contribution is -0.124. The van der Waals surface area contributed by atoms with Crippen molar-refractivity contribution in [2.75, 3.05) is 6.61 Å². The van der Waals surface area contributed by atoms with Gasteiger partial charge in [-0.2, -0.15) is 0 Å². The van der Waals surface area contributed by atoms with Crippen molar-refractivity contribution in [1.29, 1.82) is 0 Å². The van der Waals surface area contributed by atoms with Crippen molar-refractivity contribution in [3.8, 4) is 0 Å². The van der Waals surface area contributed by atoms with Crippen LogP contribution in [0.3, 0.4) is 0 Å². The van der Waals surface area contributed by atoms with Crippen LogP contribution in [0.15, 0.2) is 54.6 Å². The first-order valence-electron chi connectivity index (χ1n) is 9.04. The van der Waals surface area contributed by atoms with E-state index in [0.717, 1.165) is 31.2 Å². The first-order chi connectivity index (χ1) is 12.2. The zero-order valence-corrected chi connectivity index (χ0v) is 14.9. The van der Waals surface area contributed by atoms with Crippen LogP contribution in [-0.4, -0.2) is 29.5 Å². The average Bonchev–Trinajstić information content (AvgIpc) is 2.98. The molecule has 1 aliphatic rings. The second kappa shape index (κ2) is 10.5. The van der Waals surface area contributed by atoms with Crippen LogP contribution in [0.25, 0.3) is 0 Å². The van der Waals surface area contributed by atoms with Crippen LogP contribution < -0.4 is 0 Å². The van der Waals surface area contributed by atoms with Crippen molar-refractivity contribution < 1.29 is 14.3 Å². The topological polar surface area (TPSA) is 46.6 Å². The van der Waals surface area contributed by atoms with Gasteiger partial charge in [-0.1, -0.05) is 55.0 Å². The molecule has 1 atom stereocenters. The number of imide groups is 1. The van der Waals surface area contributed by atoms with Gasteiger partial charge in [-0.05, 0) is 50.7 Å². The number of hydrogen-bond acceptors (Lipinski definition) is 3. The fourth-order valence-electron chi connectivity index (χ4n) is 2.90. The highest BCUT2D eigenvalue weighted by Crippen LogP contribution is 2.18. The van der Waals surface area contributed by atoms with Crippen molar-refractivity contribution in [2.24, 2.45) is 0 Å². The number of unbranched alkanes of at least 4 members (excludes halogenated alkanes) is 4. The van der Waals surface area contributed by atoms with Crippen LogP contribution in [0, 0.1) is 0 Å². The summed E-state index contributed by atoms with van der Waals surface area (Å²) in [5, 5.41) is 0. The zero-order chi connectivity index (χ0) is 17.9. The molecule has 1 aromatic carbocycles. The number of cyclic esters (lactones) is 1. The van der Waals surface area contributed by atoms with Gasteiger partial charge in [-0.15, -0.1) is 0 Å². The Morgan fingerprint density at radius 3 is 2.60 bits per heavy atom. The number of amides is 2. The number of carbonyl (C=O) groups is 2. The van der Waals surface area contributed by atoms with Crippen LogP contribution in [0.5, 0.6) is 0 Å². The number of carbonyl (C=O) groups excluding carboxylic acids is 2. The van der Waals surface area contributed by atoms with Gasteiger partial charge in [0.1, 0.15) is 6.61 Å². The van der Waals surface area contributed by atoms with E-state index >= 15 is 0 Å². The maximum absolute atomic E-state index is 12.4. The van der Waals surface area contributed by atoms with Crippen molar-refractivity contribution in [3.05, 3.63) is 60.2 Å². The van der Waals surface area contributed by atoms with E-state index in [1.165, 1.54) is 17.4 Å². The first kappa shape index (κ1) is 19.0. The van der Waals surface area contributed by atoms with Gasteiger partial charge < -0.3 is 4.74 Å². The van der Waals surface area contributed by atoms with Crippen molar-refractivity contribution in [1.82, 2.24) is 4.90 Å². The Morgan fingerprint density at radius 1 is 1.16 bits per heavy atom. The largest absolute Gasteiger partial charge is 0.447 e. The maximum Gasteiger partial charge on any atom is 0.417 e. The summed E-state index contributed by atoms with van der Waals surface area (Å²) in [6, 6.07) is 9.62. The van der Waals surface area contributed by atoms with Crippen molar-refractivity contribution in [2.45, 2.75) is 51.5 Å². The number of allylic oxidation sites excluding steroid dienone is 3. The highest BCUT2D eigenvalue weighted by atomic mass is 16.6. The molecule has 0 aliphatic carbocycles. The molecule has 0 saturated carbocycles. The molecule has 4 nitrogen and oxygen atoms in total. The summed E-state index contributed by atoms with van der Waals surface area (Å²) in [4.78, 5) is 25.5. The van der Waals surface area contributed by atoms with Crippen LogP contribution in [0.2, 0.25) is 0 Å². The fraction of sp³-hybridized carbons (Fsp3) is 0.429. The summed E-state index contributed by atoms with van der Waals surface area (Å²) in [5.74, 6) is -0.280. The maximum atomic E-state index is 12.4. The molecule has 1 aliphatic heterocycles. The summed E-state index contributed by atoms with van der Waals surface area (Å²) in [7, 11) is 0. The molecule has 1 aromatic rings. The van der Waals surface area contributed by atoms with Crippen LogP contribution in [0.4, 0.5) is 4.79 Å². The molecule has 134 valence electrons. The van der Waals surface area contributed by atoms with E-state index in [-0.39, 0.29) is 18.6 Å². The smallest absolute Gasteiger partial charge is 0.417 e. The molecule has 0 spiro atoms. The summed E-state index contributed by atoms with van der Waals surface area (Å²) < 4.78 is 5.08. The summed E-state index contributed by atoms with van der Waals surface area (Å²) in [6.45, 7) is 2.29. The predicted molar refractivity (Wildman–Crippen MR) is 99.2 cm³/mol. The lowest BCUT2D eigenvalue weighted by Gasteiger charge is -2.18. The SMILES string of the molecule is C/C=C/CCCCC/C=C/C(=O)N1C(=O)OC[C@@H]1Cc1ccccc1. The number of rotatable bonds is 9. The Kier molecular flexibility index (Phi) is 7.96. The average molecular weight is 341 g/mol. The van der Waals surface area contributed by atoms with Gasteiger partial charge in [-0.3, -0.25) is 4.79 Å². The normalized spacial score (nSPS) is 17.6. The minimum Gasteiger partial charge on any atom is -0.447 e. The van der Waals surface area contributed by atoms with Gasteiger partial charge in [0.2, 0.25) is 0 Å². The molecule has 0 N–H and O–H groups in total. The molecular formula is C21H27NO3. The lowest BCUT2D eigenvalue weighted by Crippen LogP contribution is -2.39. The Balaban J connectivity index is 1.79. The second-order valence-electron chi connectivity index (χ2n) is 6.24. The Bertz CT molecular complexity index is 607. The van der Waals surface area contributed by atoms with Crippen LogP contribution in [0.1, 0.15) is 44.6 Å². The van der Waals surface area contributed by atoms with Crippen molar-refractivity contribution >= 4 is 12.0 Å². The van der Waals surface area contributed by atoms with Gasteiger partial charge in [0.15, 0.2) is 0 Å². The summed E-state index contributed by atoms with van der Waals surface area (Å²) in [6.07, 6.45) is 13.0. The van der Waals surface area contributed by atoms with Crippen LogP contribution in [-0.2, 0) is 16.0 Å². The monoisotopic (exact) mass is 341 g/mol.